The second-order valence-electron chi connectivity index (χ2n) is 4.53. The summed E-state index contributed by atoms with van der Waals surface area (Å²) in [5.41, 5.74) is 1.25. The van der Waals surface area contributed by atoms with Gasteiger partial charge >= 0.3 is 5.97 Å². The van der Waals surface area contributed by atoms with E-state index in [4.69, 9.17) is 5.11 Å². The lowest BCUT2D eigenvalue weighted by Gasteiger charge is -2.20. The van der Waals surface area contributed by atoms with Gasteiger partial charge in [-0.2, -0.15) is 0 Å². The molecule has 86 valence electrons. The molecule has 1 saturated heterocycles. The van der Waals surface area contributed by atoms with Gasteiger partial charge in [-0.1, -0.05) is 30.3 Å². The third-order valence-electron chi connectivity index (χ3n) is 3.28. The molecule has 1 aliphatic rings. The van der Waals surface area contributed by atoms with Crippen LogP contribution in [0.3, 0.4) is 0 Å². The molecule has 16 heavy (non-hydrogen) atoms. The van der Waals surface area contributed by atoms with Gasteiger partial charge in [0.2, 0.25) is 0 Å². The molecule has 1 aliphatic heterocycles. The molecule has 1 N–H and O–H groups in total. The molecule has 2 atom stereocenters. The minimum atomic E-state index is -0.664. The molecule has 0 amide bonds. The molecule has 2 rings (SSSR count). The molecule has 3 nitrogen and oxygen atoms in total. The number of likely N-dealkylation sites (tertiary alicyclic amines) is 1. The lowest BCUT2D eigenvalue weighted by molar-refractivity contribution is -0.141. The first-order valence-corrected chi connectivity index (χ1v) is 5.67. The SMILES string of the molecule is CC1CC(C(=O)O)CN1Cc1ccccc1. The molecule has 3 heteroatoms. The van der Waals surface area contributed by atoms with E-state index in [0.717, 1.165) is 13.0 Å². The van der Waals surface area contributed by atoms with Crippen molar-refractivity contribution in [3.05, 3.63) is 35.9 Å². The zero-order valence-electron chi connectivity index (χ0n) is 9.47. The normalized spacial score (nSPS) is 25.8. The van der Waals surface area contributed by atoms with Crippen LogP contribution in [-0.2, 0) is 11.3 Å². The van der Waals surface area contributed by atoms with Crippen molar-refractivity contribution in [3.63, 3.8) is 0 Å². The number of hydrogen-bond donors (Lipinski definition) is 1. The van der Waals surface area contributed by atoms with Gasteiger partial charge < -0.3 is 5.11 Å². The Morgan fingerprint density at radius 3 is 2.69 bits per heavy atom. The number of rotatable bonds is 3. The van der Waals surface area contributed by atoms with Crippen LogP contribution in [0, 0.1) is 5.92 Å². The van der Waals surface area contributed by atoms with Crippen LogP contribution in [0.4, 0.5) is 0 Å². The maximum absolute atomic E-state index is 10.9. The summed E-state index contributed by atoms with van der Waals surface area (Å²) in [6, 6.07) is 10.6. The lowest BCUT2D eigenvalue weighted by Crippen LogP contribution is -2.27. The zero-order valence-corrected chi connectivity index (χ0v) is 9.47. The zero-order chi connectivity index (χ0) is 11.5. The number of carbonyl (C=O) groups is 1. The topological polar surface area (TPSA) is 40.5 Å². The Labute approximate surface area is 95.7 Å². The number of carboxylic acids is 1. The molecule has 0 spiro atoms. The van der Waals surface area contributed by atoms with Crippen molar-refractivity contribution in [1.29, 1.82) is 0 Å². The standard InChI is InChI=1S/C13H17NO2/c1-10-7-12(13(15)16)9-14(10)8-11-5-3-2-4-6-11/h2-6,10,12H,7-9H2,1H3,(H,15,16). The summed E-state index contributed by atoms with van der Waals surface area (Å²) in [6.45, 7) is 3.63. The molecule has 1 aromatic rings. The highest BCUT2D eigenvalue weighted by molar-refractivity contribution is 5.70. The first-order chi connectivity index (χ1) is 7.66. The van der Waals surface area contributed by atoms with Crippen molar-refractivity contribution in [1.82, 2.24) is 4.90 Å². The Hall–Kier alpha value is -1.35. The average molecular weight is 219 g/mol. The Morgan fingerprint density at radius 1 is 1.44 bits per heavy atom. The Kier molecular flexibility index (Phi) is 3.25. The molecule has 1 fully saturated rings. The van der Waals surface area contributed by atoms with E-state index in [1.54, 1.807) is 0 Å². The van der Waals surface area contributed by atoms with E-state index in [1.807, 2.05) is 18.2 Å². The van der Waals surface area contributed by atoms with Crippen molar-refractivity contribution < 1.29 is 9.90 Å². The summed E-state index contributed by atoms with van der Waals surface area (Å²) in [7, 11) is 0. The van der Waals surface area contributed by atoms with Gasteiger partial charge in [0.15, 0.2) is 0 Å². The summed E-state index contributed by atoms with van der Waals surface area (Å²) in [5, 5.41) is 8.99. The van der Waals surface area contributed by atoms with Gasteiger partial charge in [0.25, 0.3) is 0 Å². The highest BCUT2D eigenvalue weighted by Crippen LogP contribution is 2.24. The second kappa shape index (κ2) is 4.66. The van der Waals surface area contributed by atoms with Crippen molar-refractivity contribution >= 4 is 5.97 Å². The summed E-state index contributed by atoms with van der Waals surface area (Å²) in [5.74, 6) is -0.860. The quantitative estimate of drug-likeness (QED) is 0.845. The molecular formula is C13H17NO2. The molecule has 0 bridgehead atoms. The minimum absolute atomic E-state index is 0.196. The highest BCUT2D eigenvalue weighted by Gasteiger charge is 2.33. The largest absolute Gasteiger partial charge is 0.481 e. The number of aliphatic carboxylic acids is 1. The van der Waals surface area contributed by atoms with Gasteiger partial charge in [-0.3, -0.25) is 9.69 Å². The molecule has 1 aromatic carbocycles. The molecule has 0 saturated carbocycles. The predicted molar refractivity (Wildman–Crippen MR) is 62.1 cm³/mol. The third-order valence-corrected chi connectivity index (χ3v) is 3.28. The molecular weight excluding hydrogens is 202 g/mol. The molecule has 0 aliphatic carbocycles. The molecule has 1 heterocycles. The van der Waals surface area contributed by atoms with Crippen LogP contribution in [0.1, 0.15) is 18.9 Å². The Bertz CT molecular complexity index is 363. The monoisotopic (exact) mass is 219 g/mol. The minimum Gasteiger partial charge on any atom is -0.481 e. The van der Waals surface area contributed by atoms with E-state index >= 15 is 0 Å². The maximum Gasteiger partial charge on any atom is 0.307 e. The van der Waals surface area contributed by atoms with Crippen molar-refractivity contribution in [2.24, 2.45) is 5.92 Å². The van der Waals surface area contributed by atoms with Crippen LogP contribution >= 0.6 is 0 Å². The first-order valence-electron chi connectivity index (χ1n) is 5.67. The first kappa shape index (κ1) is 11.1. The molecule has 0 radical (unpaired) electrons. The third kappa shape index (κ3) is 2.42. The van der Waals surface area contributed by atoms with E-state index in [9.17, 15) is 4.79 Å². The Morgan fingerprint density at radius 2 is 2.12 bits per heavy atom. The number of carboxylic acid groups (broad SMARTS) is 1. The van der Waals surface area contributed by atoms with Crippen LogP contribution in [0.5, 0.6) is 0 Å². The van der Waals surface area contributed by atoms with E-state index in [1.165, 1.54) is 5.56 Å². The van der Waals surface area contributed by atoms with Crippen LogP contribution in [-0.4, -0.2) is 28.6 Å². The second-order valence-corrected chi connectivity index (χ2v) is 4.53. The smallest absolute Gasteiger partial charge is 0.307 e. The fraction of sp³-hybridized carbons (Fsp3) is 0.462. The van der Waals surface area contributed by atoms with E-state index < -0.39 is 5.97 Å². The number of hydrogen-bond acceptors (Lipinski definition) is 2. The summed E-state index contributed by atoms with van der Waals surface area (Å²) < 4.78 is 0. The van der Waals surface area contributed by atoms with Crippen molar-refractivity contribution in [3.8, 4) is 0 Å². The summed E-state index contributed by atoms with van der Waals surface area (Å²) in [6.07, 6.45) is 0.766. The van der Waals surface area contributed by atoms with Gasteiger partial charge in [-0.15, -0.1) is 0 Å². The van der Waals surface area contributed by atoms with Gasteiger partial charge in [0.05, 0.1) is 5.92 Å². The summed E-state index contributed by atoms with van der Waals surface area (Å²) >= 11 is 0. The van der Waals surface area contributed by atoms with E-state index in [0.29, 0.717) is 12.6 Å². The fourth-order valence-electron chi connectivity index (χ4n) is 2.32. The van der Waals surface area contributed by atoms with Gasteiger partial charge in [-0.05, 0) is 18.9 Å². The summed E-state index contributed by atoms with van der Waals surface area (Å²) in [4.78, 5) is 13.2. The molecule has 0 aromatic heterocycles. The van der Waals surface area contributed by atoms with Crippen molar-refractivity contribution in [2.45, 2.75) is 25.9 Å². The maximum atomic E-state index is 10.9. The van der Waals surface area contributed by atoms with Crippen LogP contribution < -0.4 is 0 Å². The van der Waals surface area contributed by atoms with Gasteiger partial charge in [-0.25, -0.2) is 0 Å². The van der Waals surface area contributed by atoms with Crippen LogP contribution in [0.15, 0.2) is 30.3 Å². The predicted octanol–water partition coefficient (Wildman–Crippen LogP) is 1.98. The fourth-order valence-corrected chi connectivity index (χ4v) is 2.32. The van der Waals surface area contributed by atoms with Crippen molar-refractivity contribution in [2.75, 3.05) is 6.54 Å². The Balaban J connectivity index is 1.99. The highest BCUT2D eigenvalue weighted by atomic mass is 16.4. The van der Waals surface area contributed by atoms with Gasteiger partial charge in [0, 0.05) is 19.1 Å². The average Bonchev–Trinajstić information content (AvgIpc) is 2.62. The molecule has 2 unspecified atom stereocenters. The van der Waals surface area contributed by atoms with Crippen LogP contribution in [0.2, 0.25) is 0 Å². The lowest BCUT2D eigenvalue weighted by atomic mass is 10.1. The van der Waals surface area contributed by atoms with Crippen LogP contribution in [0.25, 0.3) is 0 Å². The number of nitrogens with zero attached hydrogens (tertiary/aromatic N) is 1. The van der Waals surface area contributed by atoms with E-state index in [2.05, 4.69) is 24.0 Å². The van der Waals surface area contributed by atoms with Gasteiger partial charge in [0.1, 0.15) is 0 Å². The number of benzene rings is 1. The van der Waals surface area contributed by atoms with E-state index in [-0.39, 0.29) is 5.92 Å².